The molecule has 17 heavy (non-hydrogen) atoms. The summed E-state index contributed by atoms with van der Waals surface area (Å²) in [6.07, 6.45) is 3.59. The molecular weight excluding hydrogens is 216 g/mol. The van der Waals surface area contributed by atoms with Crippen molar-refractivity contribution in [3.05, 3.63) is 30.1 Å². The highest BCUT2D eigenvalue weighted by Gasteiger charge is 2.35. The highest BCUT2D eigenvalue weighted by Crippen LogP contribution is 2.30. The number of aliphatic hydroxyl groups is 1. The summed E-state index contributed by atoms with van der Waals surface area (Å²) in [5.41, 5.74) is 0.529. The zero-order chi connectivity index (χ0) is 12.5. The first-order valence-electron chi connectivity index (χ1n) is 5.88. The highest BCUT2D eigenvalue weighted by atomic mass is 16.3. The van der Waals surface area contributed by atoms with E-state index in [-0.39, 0.29) is 11.3 Å². The zero-order valence-electron chi connectivity index (χ0n) is 10.3. The molecule has 92 valence electrons. The third-order valence-electron chi connectivity index (χ3n) is 3.54. The summed E-state index contributed by atoms with van der Waals surface area (Å²) in [5, 5.41) is 10.00. The first-order valence-corrected chi connectivity index (χ1v) is 5.88. The molecule has 0 aliphatic carbocycles. The second kappa shape index (κ2) is 4.45. The van der Waals surface area contributed by atoms with Crippen LogP contribution in [0, 0.1) is 5.41 Å². The Hall–Kier alpha value is -1.42. The lowest BCUT2D eigenvalue weighted by molar-refractivity contribution is -0.0190. The SMILES string of the molecule is CC1(C)CCN(C(=O)c2ccncc2)CC1O. The van der Waals surface area contributed by atoms with Crippen LogP contribution < -0.4 is 0 Å². The Labute approximate surface area is 101 Å². The number of rotatable bonds is 1. The average molecular weight is 234 g/mol. The van der Waals surface area contributed by atoms with Crippen LogP contribution in [0.5, 0.6) is 0 Å². The maximum Gasteiger partial charge on any atom is 0.254 e. The summed E-state index contributed by atoms with van der Waals surface area (Å²) in [6, 6.07) is 3.41. The number of hydrogen-bond donors (Lipinski definition) is 1. The van der Waals surface area contributed by atoms with Gasteiger partial charge in [0.1, 0.15) is 0 Å². The fourth-order valence-corrected chi connectivity index (χ4v) is 2.00. The molecule has 1 saturated heterocycles. The van der Waals surface area contributed by atoms with Crippen molar-refractivity contribution in [3.63, 3.8) is 0 Å². The van der Waals surface area contributed by atoms with Crippen LogP contribution in [0.15, 0.2) is 24.5 Å². The van der Waals surface area contributed by atoms with Crippen molar-refractivity contribution >= 4 is 5.91 Å². The monoisotopic (exact) mass is 234 g/mol. The van der Waals surface area contributed by atoms with Crippen LogP contribution in [0.25, 0.3) is 0 Å². The van der Waals surface area contributed by atoms with Crippen LogP contribution in [-0.2, 0) is 0 Å². The fourth-order valence-electron chi connectivity index (χ4n) is 2.00. The zero-order valence-corrected chi connectivity index (χ0v) is 10.3. The van der Waals surface area contributed by atoms with Crippen molar-refractivity contribution in [2.45, 2.75) is 26.4 Å². The first kappa shape index (κ1) is 12.0. The Morgan fingerprint density at radius 1 is 1.47 bits per heavy atom. The molecule has 0 radical (unpaired) electrons. The molecule has 2 heterocycles. The van der Waals surface area contributed by atoms with E-state index in [9.17, 15) is 9.90 Å². The third kappa shape index (κ3) is 2.47. The number of nitrogens with zero attached hydrogens (tertiary/aromatic N) is 2. The molecule has 1 aromatic rings. The van der Waals surface area contributed by atoms with Gasteiger partial charge in [-0.15, -0.1) is 0 Å². The van der Waals surface area contributed by atoms with Crippen LogP contribution in [0.1, 0.15) is 30.6 Å². The summed E-state index contributed by atoms with van der Waals surface area (Å²) < 4.78 is 0. The Balaban J connectivity index is 2.08. The maximum atomic E-state index is 12.1. The lowest BCUT2D eigenvalue weighted by atomic mass is 9.80. The van der Waals surface area contributed by atoms with Gasteiger partial charge >= 0.3 is 0 Å². The topological polar surface area (TPSA) is 53.4 Å². The minimum Gasteiger partial charge on any atom is -0.391 e. The Kier molecular flexibility index (Phi) is 3.15. The highest BCUT2D eigenvalue weighted by molar-refractivity contribution is 5.94. The number of aromatic nitrogens is 1. The number of carbonyl (C=O) groups excluding carboxylic acids is 1. The van der Waals surface area contributed by atoms with E-state index in [1.165, 1.54) is 0 Å². The standard InChI is InChI=1S/C13H18N2O2/c1-13(2)5-8-15(9-11(13)16)12(17)10-3-6-14-7-4-10/h3-4,6-7,11,16H,5,8-9H2,1-2H3. The number of aliphatic hydroxyl groups excluding tert-OH is 1. The summed E-state index contributed by atoms with van der Waals surface area (Å²) in [4.78, 5) is 17.7. The van der Waals surface area contributed by atoms with Crippen molar-refractivity contribution in [3.8, 4) is 0 Å². The molecule has 2 rings (SSSR count). The van der Waals surface area contributed by atoms with Gasteiger partial charge in [-0.25, -0.2) is 0 Å². The van der Waals surface area contributed by atoms with Crippen LogP contribution in [0.3, 0.4) is 0 Å². The number of pyridine rings is 1. The number of carbonyl (C=O) groups is 1. The van der Waals surface area contributed by atoms with Crippen molar-refractivity contribution in [2.24, 2.45) is 5.41 Å². The van der Waals surface area contributed by atoms with Gasteiger partial charge in [0, 0.05) is 31.0 Å². The predicted molar refractivity (Wildman–Crippen MR) is 64.5 cm³/mol. The number of piperidine rings is 1. The normalized spacial score (nSPS) is 23.5. The summed E-state index contributed by atoms with van der Waals surface area (Å²) in [5.74, 6) is -0.0260. The minimum atomic E-state index is -0.456. The van der Waals surface area contributed by atoms with Gasteiger partial charge in [0.05, 0.1) is 6.10 Å². The van der Waals surface area contributed by atoms with E-state index in [0.717, 1.165) is 6.42 Å². The van der Waals surface area contributed by atoms with E-state index in [1.807, 2.05) is 13.8 Å². The Morgan fingerprint density at radius 3 is 2.71 bits per heavy atom. The lowest BCUT2D eigenvalue weighted by Gasteiger charge is -2.41. The van der Waals surface area contributed by atoms with Crippen molar-refractivity contribution in [1.82, 2.24) is 9.88 Å². The van der Waals surface area contributed by atoms with Gasteiger partial charge in [-0.3, -0.25) is 9.78 Å². The van der Waals surface area contributed by atoms with E-state index < -0.39 is 6.10 Å². The minimum absolute atomic E-state index is 0.0260. The number of hydrogen-bond acceptors (Lipinski definition) is 3. The lowest BCUT2D eigenvalue weighted by Crippen LogP contribution is -2.50. The predicted octanol–water partition coefficient (Wildman–Crippen LogP) is 1.31. The molecular formula is C13H18N2O2. The Bertz CT molecular complexity index is 403. The van der Waals surface area contributed by atoms with Crippen molar-refractivity contribution in [2.75, 3.05) is 13.1 Å². The van der Waals surface area contributed by atoms with E-state index in [0.29, 0.717) is 18.7 Å². The summed E-state index contributed by atoms with van der Waals surface area (Å²) in [7, 11) is 0. The van der Waals surface area contributed by atoms with Gasteiger partial charge in [0.25, 0.3) is 5.91 Å². The molecule has 0 saturated carbocycles. The molecule has 1 aromatic heterocycles. The number of likely N-dealkylation sites (tertiary alicyclic amines) is 1. The molecule has 1 unspecified atom stereocenters. The molecule has 0 spiro atoms. The molecule has 1 atom stereocenters. The molecule has 1 aliphatic heterocycles. The van der Waals surface area contributed by atoms with E-state index in [1.54, 1.807) is 29.4 Å². The molecule has 4 nitrogen and oxygen atoms in total. The molecule has 0 aromatic carbocycles. The fraction of sp³-hybridized carbons (Fsp3) is 0.538. The van der Waals surface area contributed by atoms with Gasteiger partial charge in [0.15, 0.2) is 0 Å². The van der Waals surface area contributed by atoms with Gasteiger partial charge in [-0.1, -0.05) is 13.8 Å². The van der Waals surface area contributed by atoms with Crippen LogP contribution in [0.4, 0.5) is 0 Å². The molecule has 1 N–H and O–H groups in total. The quantitative estimate of drug-likeness (QED) is 0.797. The number of β-amino-alcohol motifs (C(OH)–C–C–N with tert-alkyl or cyclic N) is 1. The smallest absolute Gasteiger partial charge is 0.254 e. The Morgan fingerprint density at radius 2 is 2.12 bits per heavy atom. The van der Waals surface area contributed by atoms with Crippen LogP contribution >= 0.6 is 0 Å². The van der Waals surface area contributed by atoms with Gasteiger partial charge < -0.3 is 10.0 Å². The maximum absolute atomic E-state index is 12.1. The second-order valence-corrected chi connectivity index (χ2v) is 5.24. The molecule has 4 heteroatoms. The molecule has 1 fully saturated rings. The summed E-state index contributed by atoms with van der Waals surface area (Å²) >= 11 is 0. The van der Waals surface area contributed by atoms with Crippen molar-refractivity contribution in [1.29, 1.82) is 0 Å². The first-order chi connectivity index (χ1) is 8.00. The second-order valence-electron chi connectivity index (χ2n) is 5.24. The van der Waals surface area contributed by atoms with Gasteiger partial charge in [-0.05, 0) is 24.0 Å². The largest absolute Gasteiger partial charge is 0.391 e. The average Bonchev–Trinajstić information content (AvgIpc) is 2.33. The molecule has 1 amide bonds. The van der Waals surface area contributed by atoms with Crippen molar-refractivity contribution < 1.29 is 9.90 Å². The number of amides is 1. The van der Waals surface area contributed by atoms with E-state index >= 15 is 0 Å². The van der Waals surface area contributed by atoms with E-state index in [4.69, 9.17) is 0 Å². The van der Waals surface area contributed by atoms with Crippen LogP contribution in [0.2, 0.25) is 0 Å². The third-order valence-corrected chi connectivity index (χ3v) is 3.54. The molecule has 0 bridgehead atoms. The van der Waals surface area contributed by atoms with E-state index in [2.05, 4.69) is 4.98 Å². The molecule has 1 aliphatic rings. The summed E-state index contributed by atoms with van der Waals surface area (Å²) in [6.45, 7) is 5.18. The van der Waals surface area contributed by atoms with Gasteiger partial charge in [-0.2, -0.15) is 0 Å². The van der Waals surface area contributed by atoms with Gasteiger partial charge in [0.2, 0.25) is 0 Å². The van der Waals surface area contributed by atoms with Crippen LogP contribution in [-0.4, -0.2) is 40.1 Å².